The summed E-state index contributed by atoms with van der Waals surface area (Å²) >= 11 is 6.35. The van der Waals surface area contributed by atoms with Crippen LogP contribution in [-0.4, -0.2) is 22.5 Å². The molecule has 0 N–H and O–H groups in total. The van der Waals surface area contributed by atoms with E-state index in [1.807, 2.05) is 0 Å². The van der Waals surface area contributed by atoms with Crippen LogP contribution in [0.15, 0.2) is 11.6 Å². The van der Waals surface area contributed by atoms with E-state index < -0.39 is 0 Å². The molecule has 0 aliphatic carbocycles. The van der Waals surface area contributed by atoms with Crippen LogP contribution in [0.2, 0.25) is 0 Å². The zero-order valence-electron chi connectivity index (χ0n) is 10.7. The summed E-state index contributed by atoms with van der Waals surface area (Å²) in [4.78, 5) is 0. The normalized spacial score (nSPS) is 18.9. The summed E-state index contributed by atoms with van der Waals surface area (Å²) in [6, 6.07) is 0. The van der Waals surface area contributed by atoms with E-state index in [0.717, 1.165) is 16.9 Å². The summed E-state index contributed by atoms with van der Waals surface area (Å²) in [6.07, 6.45) is 4.66. The zero-order valence-corrected chi connectivity index (χ0v) is 13.5. The molecule has 3 atom stereocenters. The Hall–Kier alpha value is 0.207. The van der Waals surface area contributed by atoms with Gasteiger partial charge >= 0.3 is 0 Å². The van der Waals surface area contributed by atoms with Gasteiger partial charge in [0.05, 0.1) is 12.0 Å². The van der Waals surface area contributed by atoms with Crippen LogP contribution in [0.25, 0.3) is 0 Å². The molecule has 0 fully saturated rings. The third kappa shape index (κ3) is 5.74. The minimum absolute atomic E-state index is 0.0615. The van der Waals surface area contributed by atoms with Crippen molar-refractivity contribution in [3.63, 3.8) is 0 Å². The fourth-order valence-corrected chi connectivity index (χ4v) is 2.46. The molecule has 3 unspecified atom stereocenters. The summed E-state index contributed by atoms with van der Waals surface area (Å²) < 4.78 is 5.26. The van der Waals surface area contributed by atoms with E-state index in [1.54, 1.807) is 0 Å². The van der Waals surface area contributed by atoms with Crippen molar-refractivity contribution in [2.24, 2.45) is 11.8 Å². The molecule has 3 heteroatoms. The number of hydrogen-bond acceptors (Lipinski definition) is 1. The molecule has 0 spiro atoms. The molecular formula is C12H25ClOSi. The maximum atomic E-state index is 6.35. The highest BCUT2D eigenvalue weighted by molar-refractivity contribution is 6.22. The average molecular weight is 249 g/mol. The highest BCUT2D eigenvalue weighted by Crippen LogP contribution is 2.24. The summed E-state index contributed by atoms with van der Waals surface area (Å²) in [5.74, 6) is 1.18. The topological polar surface area (TPSA) is 9.23 Å². The van der Waals surface area contributed by atoms with Crippen LogP contribution in [0.1, 0.15) is 40.5 Å². The third-order valence-corrected chi connectivity index (χ3v) is 3.69. The van der Waals surface area contributed by atoms with Crippen LogP contribution in [0.4, 0.5) is 0 Å². The molecule has 0 aliphatic rings. The lowest BCUT2D eigenvalue weighted by atomic mass is 9.91. The Bertz CT molecular complexity index is 194. The molecule has 0 rings (SSSR count). The fraction of sp³-hybridized carbons (Fsp3) is 0.833. The van der Waals surface area contributed by atoms with Crippen LogP contribution in [0.3, 0.4) is 0 Å². The highest BCUT2D eigenvalue weighted by Gasteiger charge is 2.16. The van der Waals surface area contributed by atoms with Crippen molar-refractivity contribution < 1.29 is 4.43 Å². The van der Waals surface area contributed by atoms with Gasteiger partial charge in [-0.2, -0.15) is 0 Å². The second-order valence-electron chi connectivity index (χ2n) is 4.28. The number of allylic oxidation sites excluding steroid dienone is 1. The van der Waals surface area contributed by atoms with Crippen molar-refractivity contribution in [1.82, 2.24) is 0 Å². The van der Waals surface area contributed by atoms with Crippen LogP contribution < -0.4 is 0 Å². The number of halogens is 1. The largest absolute Gasteiger partial charge is 0.426 e. The first-order valence-corrected chi connectivity index (χ1v) is 7.16. The molecule has 0 saturated heterocycles. The second-order valence-corrected chi connectivity index (χ2v) is 5.39. The first-order valence-electron chi connectivity index (χ1n) is 5.91. The maximum Gasteiger partial charge on any atom is 0.146 e. The summed E-state index contributed by atoms with van der Waals surface area (Å²) in [6.45, 7) is 9.58. The lowest BCUT2D eigenvalue weighted by molar-refractivity contribution is 0.349. The van der Waals surface area contributed by atoms with E-state index in [4.69, 9.17) is 16.0 Å². The van der Waals surface area contributed by atoms with Gasteiger partial charge in [-0.1, -0.05) is 45.8 Å². The van der Waals surface area contributed by atoms with Crippen LogP contribution in [0, 0.1) is 11.8 Å². The zero-order chi connectivity index (χ0) is 11.8. The van der Waals surface area contributed by atoms with Gasteiger partial charge in [-0.3, -0.25) is 0 Å². The monoisotopic (exact) mass is 248 g/mol. The lowest BCUT2D eigenvalue weighted by Gasteiger charge is -2.21. The van der Waals surface area contributed by atoms with Gasteiger partial charge in [-0.15, -0.1) is 11.6 Å². The Morgan fingerprint density at radius 1 is 1.33 bits per heavy atom. The summed E-state index contributed by atoms with van der Waals surface area (Å²) in [5, 5.41) is 0.0615. The Morgan fingerprint density at radius 2 is 1.93 bits per heavy atom. The third-order valence-electron chi connectivity index (χ3n) is 2.98. The summed E-state index contributed by atoms with van der Waals surface area (Å²) in [5.41, 5.74) is 1.37. The van der Waals surface area contributed by atoms with E-state index in [1.165, 1.54) is 12.0 Å². The van der Waals surface area contributed by atoms with Gasteiger partial charge in [0, 0.05) is 0 Å². The van der Waals surface area contributed by atoms with Gasteiger partial charge < -0.3 is 4.43 Å². The van der Waals surface area contributed by atoms with Gasteiger partial charge in [-0.25, -0.2) is 0 Å². The predicted molar refractivity (Wildman–Crippen MR) is 72.5 cm³/mol. The average Bonchev–Trinajstić information content (AvgIpc) is 2.24. The van der Waals surface area contributed by atoms with Crippen LogP contribution >= 0.6 is 11.6 Å². The molecule has 0 aromatic rings. The lowest BCUT2D eigenvalue weighted by Crippen LogP contribution is -2.17. The molecule has 0 bridgehead atoms. The van der Waals surface area contributed by atoms with Crippen LogP contribution in [-0.2, 0) is 4.43 Å². The van der Waals surface area contributed by atoms with Crippen molar-refractivity contribution in [2.75, 3.05) is 6.61 Å². The van der Waals surface area contributed by atoms with E-state index >= 15 is 0 Å². The predicted octanol–water partition coefficient (Wildman–Crippen LogP) is 2.91. The second kappa shape index (κ2) is 8.37. The minimum Gasteiger partial charge on any atom is -0.426 e. The van der Waals surface area contributed by atoms with Crippen molar-refractivity contribution in [2.45, 2.75) is 45.9 Å². The molecule has 0 saturated carbocycles. The molecule has 0 heterocycles. The molecule has 0 aromatic heterocycles. The Balaban J connectivity index is 4.63. The van der Waals surface area contributed by atoms with Gasteiger partial charge in [-0.05, 0) is 18.3 Å². The quantitative estimate of drug-likeness (QED) is 0.383. The maximum absolute atomic E-state index is 6.35. The van der Waals surface area contributed by atoms with Crippen molar-refractivity contribution in [3.05, 3.63) is 11.6 Å². The number of rotatable bonds is 7. The smallest absolute Gasteiger partial charge is 0.146 e. The van der Waals surface area contributed by atoms with Gasteiger partial charge in [0.15, 0.2) is 0 Å². The standard InChI is InChI=1S/C12H25ClOSi/c1-5-9(3)7-11(10(4)6-2)12(13)8-14-15/h7,9-10,12H,5-6,8H2,1-4,15H3. The highest BCUT2D eigenvalue weighted by atomic mass is 35.5. The molecular weight excluding hydrogens is 224 g/mol. The Labute approximate surface area is 103 Å². The van der Waals surface area contributed by atoms with Gasteiger partial charge in [0.25, 0.3) is 0 Å². The van der Waals surface area contributed by atoms with Crippen molar-refractivity contribution in [1.29, 1.82) is 0 Å². The Kier molecular flexibility index (Phi) is 8.48. The van der Waals surface area contributed by atoms with E-state index in [0.29, 0.717) is 18.4 Å². The number of hydrogen-bond donors (Lipinski definition) is 0. The molecule has 15 heavy (non-hydrogen) atoms. The van der Waals surface area contributed by atoms with Gasteiger partial charge in [0.1, 0.15) is 10.5 Å². The number of alkyl halides is 1. The first kappa shape index (κ1) is 15.2. The van der Waals surface area contributed by atoms with Gasteiger partial charge in [0.2, 0.25) is 0 Å². The van der Waals surface area contributed by atoms with Crippen molar-refractivity contribution >= 4 is 22.1 Å². The molecule has 0 aromatic carbocycles. The van der Waals surface area contributed by atoms with E-state index in [9.17, 15) is 0 Å². The SMILES string of the molecule is CCC(C)C=C(C(C)CC)C(Cl)CO[SiH3]. The Morgan fingerprint density at radius 3 is 2.33 bits per heavy atom. The minimum atomic E-state index is 0.0615. The first-order chi connectivity index (χ1) is 7.06. The molecule has 1 nitrogen and oxygen atoms in total. The summed E-state index contributed by atoms with van der Waals surface area (Å²) in [7, 11) is 0.768. The van der Waals surface area contributed by atoms with Crippen molar-refractivity contribution in [3.8, 4) is 0 Å². The van der Waals surface area contributed by atoms with E-state index in [-0.39, 0.29) is 5.38 Å². The molecule has 90 valence electrons. The fourth-order valence-electron chi connectivity index (χ4n) is 1.50. The molecule has 0 aliphatic heterocycles. The molecule has 0 amide bonds. The molecule has 0 radical (unpaired) electrons. The van der Waals surface area contributed by atoms with Crippen LogP contribution in [0.5, 0.6) is 0 Å². The van der Waals surface area contributed by atoms with E-state index in [2.05, 4.69) is 33.8 Å².